The summed E-state index contributed by atoms with van der Waals surface area (Å²) in [5.74, 6) is 0. The second-order valence-corrected chi connectivity index (χ2v) is 4.72. The van der Waals surface area contributed by atoms with Crippen LogP contribution in [0.1, 0.15) is 26.7 Å². The Bertz CT molecular complexity index is 447. The van der Waals surface area contributed by atoms with Gasteiger partial charge in [-0.15, -0.1) is 11.3 Å². The highest BCUT2D eigenvalue weighted by Crippen LogP contribution is 2.23. The molecule has 1 heterocycles. The Balaban J connectivity index is 2.17. The van der Waals surface area contributed by atoms with Crippen molar-refractivity contribution in [2.45, 2.75) is 32.7 Å². The van der Waals surface area contributed by atoms with Gasteiger partial charge in [0.15, 0.2) is 5.51 Å². The first-order valence-corrected chi connectivity index (χ1v) is 6.90. The van der Waals surface area contributed by atoms with Gasteiger partial charge in [-0.2, -0.15) is 0 Å². The third-order valence-corrected chi connectivity index (χ3v) is 3.44. The van der Waals surface area contributed by atoms with Crippen LogP contribution in [0.5, 0.6) is 0 Å². The van der Waals surface area contributed by atoms with E-state index in [1.54, 1.807) is 0 Å². The van der Waals surface area contributed by atoms with Crippen LogP contribution >= 0.6 is 11.3 Å². The van der Waals surface area contributed by atoms with E-state index < -0.39 is 0 Å². The molecule has 0 bridgehead atoms. The highest BCUT2D eigenvalue weighted by molar-refractivity contribution is 7.07. The van der Waals surface area contributed by atoms with Gasteiger partial charge >= 0.3 is 0 Å². The molecular weight excluding hydrogens is 228 g/mol. The molecule has 17 heavy (non-hydrogen) atoms. The predicted octanol–water partition coefficient (Wildman–Crippen LogP) is 4.21. The van der Waals surface area contributed by atoms with Gasteiger partial charge in [-0.1, -0.05) is 26.0 Å². The maximum Gasteiger partial charge on any atom is 0.152 e. The molecule has 1 aromatic carbocycles. The normalized spacial score (nSPS) is 10.8. The van der Waals surface area contributed by atoms with Gasteiger partial charge < -0.3 is 5.32 Å². The molecule has 0 amide bonds. The van der Waals surface area contributed by atoms with Crippen molar-refractivity contribution in [3.63, 3.8) is 0 Å². The number of aromatic nitrogens is 1. The standard InChI is InChI=1S/C14H17N2S/c1-3-12(4-2)16-13-7-5-6-11(8-13)14-9-17-10-15-14/h5-9,12,16H,3-4H2,1-2H3. The third kappa shape index (κ3) is 3.07. The molecule has 2 nitrogen and oxygen atoms in total. The van der Waals surface area contributed by atoms with E-state index >= 15 is 0 Å². The van der Waals surface area contributed by atoms with Crippen molar-refractivity contribution in [3.8, 4) is 11.3 Å². The van der Waals surface area contributed by atoms with E-state index in [4.69, 9.17) is 0 Å². The largest absolute Gasteiger partial charge is 0.382 e. The number of nitrogens with zero attached hydrogens (tertiary/aromatic N) is 1. The summed E-state index contributed by atoms with van der Waals surface area (Å²) in [7, 11) is 0. The van der Waals surface area contributed by atoms with Crippen LogP contribution < -0.4 is 5.32 Å². The minimum Gasteiger partial charge on any atom is -0.382 e. The lowest BCUT2D eigenvalue weighted by Crippen LogP contribution is -2.16. The molecule has 2 rings (SSSR count). The van der Waals surface area contributed by atoms with Gasteiger partial charge in [0.05, 0.1) is 5.69 Å². The Labute approximate surface area is 107 Å². The Morgan fingerprint density at radius 1 is 1.35 bits per heavy atom. The second-order valence-electron chi connectivity index (χ2n) is 4.06. The number of nitrogens with one attached hydrogen (secondary N) is 1. The van der Waals surface area contributed by atoms with Crippen LogP contribution in [0, 0.1) is 5.51 Å². The van der Waals surface area contributed by atoms with Crippen molar-refractivity contribution >= 4 is 17.0 Å². The molecule has 0 unspecified atom stereocenters. The Hall–Kier alpha value is -1.35. The van der Waals surface area contributed by atoms with Gasteiger partial charge in [0.25, 0.3) is 0 Å². The molecule has 0 fully saturated rings. The summed E-state index contributed by atoms with van der Waals surface area (Å²) in [4.78, 5) is 4.21. The van der Waals surface area contributed by atoms with E-state index in [-0.39, 0.29) is 0 Å². The summed E-state index contributed by atoms with van der Waals surface area (Å²) >= 11 is 1.51. The van der Waals surface area contributed by atoms with Gasteiger partial charge in [-0.05, 0) is 25.0 Å². The zero-order chi connectivity index (χ0) is 12.1. The van der Waals surface area contributed by atoms with E-state index in [0.29, 0.717) is 6.04 Å². The van der Waals surface area contributed by atoms with Crippen LogP contribution in [-0.2, 0) is 0 Å². The minimum absolute atomic E-state index is 0.548. The van der Waals surface area contributed by atoms with Gasteiger partial charge in [0.2, 0.25) is 0 Å². The van der Waals surface area contributed by atoms with Crippen LogP contribution in [0.2, 0.25) is 0 Å². The van der Waals surface area contributed by atoms with Crippen molar-refractivity contribution in [3.05, 3.63) is 35.2 Å². The fourth-order valence-electron chi connectivity index (χ4n) is 1.81. The summed E-state index contributed by atoms with van der Waals surface area (Å²) in [5, 5.41) is 5.57. The highest BCUT2D eigenvalue weighted by Gasteiger charge is 2.05. The monoisotopic (exact) mass is 245 g/mol. The van der Waals surface area contributed by atoms with Crippen molar-refractivity contribution in [1.29, 1.82) is 0 Å². The summed E-state index contributed by atoms with van der Waals surface area (Å²) in [6.45, 7) is 4.42. The van der Waals surface area contributed by atoms with E-state index in [1.165, 1.54) is 17.0 Å². The predicted molar refractivity (Wildman–Crippen MR) is 74.4 cm³/mol. The number of thiazole rings is 1. The molecule has 0 saturated carbocycles. The zero-order valence-electron chi connectivity index (χ0n) is 10.2. The zero-order valence-corrected chi connectivity index (χ0v) is 11.1. The van der Waals surface area contributed by atoms with Crippen LogP contribution in [0.25, 0.3) is 11.3 Å². The molecule has 89 valence electrons. The fraction of sp³-hybridized carbons (Fsp3) is 0.357. The van der Waals surface area contributed by atoms with Gasteiger partial charge in [-0.25, -0.2) is 4.98 Å². The summed E-state index contributed by atoms with van der Waals surface area (Å²) in [6, 6.07) is 8.96. The van der Waals surface area contributed by atoms with Crippen molar-refractivity contribution < 1.29 is 0 Å². The van der Waals surface area contributed by atoms with Crippen LogP contribution in [0.4, 0.5) is 5.69 Å². The van der Waals surface area contributed by atoms with Crippen molar-refractivity contribution in [2.75, 3.05) is 5.32 Å². The molecule has 1 radical (unpaired) electrons. The first kappa shape index (κ1) is 12.1. The number of hydrogen-bond acceptors (Lipinski definition) is 3. The Morgan fingerprint density at radius 2 is 2.18 bits per heavy atom. The van der Waals surface area contributed by atoms with Crippen LogP contribution in [0.3, 0.4) is 0 Å². The molecule has 0 aliphatic heterocycles. The van der Waals surface area contributed by atoms with Gasteiger partial charge in [0, 0.05) is 22.7 Å². The molecule has 1 N–H and O–H groups in total. The third-order valence-electron chi connectivity index (χ3n) is 2.90. The lowest BCUT2D eigenvalue weighted by molar-refractivity contribution is 0.672. The lowest BCUT2D eigenvalue weighted by atomic mass is 10.1. The molecule has 0 aliphatic carbocycles. The molecule has 0 spiro atoms. The number of benzene rings is 1. The van der Waals surface area contributed by atoms with Crippen LogP contribution in [0.15, 0.2) is 29.6 Å². The van der Waals surface area contributed by atoms with Crippen LogP contribution in [-0.4, -0.2) is 11.0 Å². The maximum atomic E-state index is 4.21. The van der Waals surface area contributed by atoms with Gasteiger partial charge in [0.1, 0.15) is 0 Å². The maximum absolute atomic E-state index is 4.21. The SMILES string of the molecule is CCC(CC)Nc1cccc(-c2cs[c]n2)c1. The molecule has 0 atom stereocenters. The molecule has 2 aromatic rings. The number of anilines is 1. The van der Waals surface area contributed by atoms with Crippen molar-refractivity contribution in [2.24, 2.45) is 0 Å². The molecule has 1 aromatic heterocycles. The van der Waals surface area contributed by atoms with Crippen molar-refractivity contribution in [1.82, 2.24) is 4.98 Å². The second kappa shape index (κ2) is 5.82. The topological polar surface area (TPSA) is 24.9 Å². The first-order chi connectivity index (χ1) is 8.33. The Kier molecular flexibility index (Phi) is 4.15. The minimum atomic E-state index is 0.548. The number of hydrogen-bond donors (Lipinski definition) is 1. The van der Waals surface area contributed by atoms with E-state index in [9.17, 15) is 0 Å². The summed E-state index contributed by atoms with van der Waals surface area (Å²) in [6.07, 6.45) is 2.29. The molecule has 0 saturated heterocycles. The molecule has 0 aliphatic rings. The molecule has 3 heteroatoms. The van der Waals surface area contributed by atoms with E-state index in [2.05, 4.69) is 53.9 Å². The lowest BCUT2D eigenvalue weighted by Gasteiger charge is -2.16. The average Bonchev–Trinajstić information content (AvgIpc) is 2.90. The highest BCUT2D eigenvalue weighted by atomic mass is 32.1. The fourth-order valence-corrected chi connectivity index (χ4v) is 2.32. The summed E-state index contributed by atoms with van der Waals surface area (Å²) < 4.78 is 0. The smallest absolute Gasteiger partial charge is 0.152 e. The summed E-state index contributed by atoms with van der Waals surface area (Å²) in [5.41, 5.74) is 6.21. The van der Waals surface area contributed by atoms with E-state index in [0.717, 1.165) is 24.1 Å². The average molecular weight is 245 g/mol. The quantitative estimate of drug-likeness (QED) is 0.853. The van der Waals surface area contributed by atoms with Gasteiger partial charge in [-0.3, -0.25) is 0 Å². The Morgan fingerprint density at radius 3 is 2.82 bits per heavy atom. The number of rotatable bonds is 5. The first-order valence-electron chi connectivity index (χ1n) is 6.02. The molecular formula is C14H17N2S. The van der Waals surface area contributed by atoms with E-state index in [1.807, 2.05) is 5.38 Å².